The number of hydrogen-bond donors (Lipinski definition) is 2. The van der Waals surface area contributed by atoms with E-state index in [-0.39, 0.29) is 5.91 Å². The van der Waals surface area contributed by atoms with Crippen LogP contribution in [0.2, 0.25) is 5.02 Å². The van der Waals surface area contributed by atoms with Crippen LogP contribution in [0.15, 0.2) is 36.4 Å². The molecule has 2 atom stereocenters. The molecule has 0 aliphatic carbocycles. The summed E-state index contributed by atoms with van der Waals surface area (Å²) >= 11 is 6.00. The van der Waals surface area contributed by atoms with E-state index in [2.05, 4.69) is 17.4 Å². The first-order valence-electron chi connectivity index (χ1n) is 9.90. The van der Waals surface area contributed by atoms with Gasteiger partial charge >= 0.3 is 0 Å². The van der Waals surface area contributed by atoms with Gasteiger partial charge in [0.25, 0.3) is 5.91 Å². The Morgan fingerprint density at radius 3 is 2.79 bits per heavy atom. The van der Waals surface area contributed by atoms with E-state index in [4.69, 9.17) is 21.1 Å². The monoisotopic (exact) mass is 401 g/mol. The van der Waals surface area contributed by atoms with Crippen molar-refractivity contribution in [2.75, 3.05) is 31.6 Å². The highest BCUT2D eigenvalue weighted by atomic mass is 35.5. The van der Waals surface area contributed by atoms with Crippen LogP contribution in [0.3, 0.4) is 0 Å². The maximum absolute atomic E-state index is 12.7. The van der Waals surface area contributed by atoms with Gasteiger partial charge < -0.3 is 19.7 Å². The molecule has 2 aromatic rings. The molecule has 2 aliphatic heterocycles. The first-order chi connectivity index (χ1) is 13.6. The van der Waals surface area contributed by atoms with Gasteiger partial charge in [-0.25, -0.2) is 0 Å². The average Bonchev–Trinajstić information content (AvgIpc) is 2.99. The maximum atomic E-state index is 12.7. The zero-order valence-corrected chi connectivity index (χ0v) is 16.8. The van der Waals surface area contributed by atoms with Crippen LogP contribution in [0.25, 0.3) is 0 Å². The molecule has 2 heterocycles. The van der Waals surface area contributed by atoms with E-state index in [0.717, 1.165) is 48.6 Å². The third-order valence-corrected chi connectivity index (χ3v) is 5.74. The number of nitrogens with one attached hydrogen (secondary N) is 2. The summed E-state index contributed by atoms with van der Waals surface area (Å²) in [6.07, 6.45) is 3.08. The molecule has 4 rings (SSSR count). The third kappa shape index (κ3) is 4.26. The van der Waals surface area contributed by atoms with E-state index in [1.165, 1.54) is 10.5 Å². The molecular formula is C22H26ClN2O3+. The van der Waals surface area contributed by atoms with E-state index in [0.29, 0.717) is 30.8 Å². The first kappa shape index (κ1) is 19.1. The average molecular weight is 402 g/mol. The molecule has 2 aliphatic rings. The van der Waals surface area contributed by atoms with Crippen LogP contribution in [0.4, 0.5) is 5.69 Å². The number of rotatable bonds is 4. The molecule has 28 heavy (non-hydrogen) atoms. The molecule has 0 bridgehead atoms. The molecule has 6 heteroatoms. The Labute approximate surface area is 170 Å². The Hall–Kier alpha value is -2.24. The Morgan fingerprint density at radius 1 is 1.14 bits per heavy atom. The number of fused-ring (bicyclic) bond motifs is 1. The lowest BCUT2D eigenvalue weighted by molar-refractivity contribution is -0.910. The van der Waals surface area contributed by atoms with Crippen LogP contribution in [0, 0.1) is 6.92 Å². The highest BCUT2D eigenvalue weighted by molar-refractivity contribution is 6.30. The van der Waals surface area contributed by atoms with Gasteiger partial charge in [0, 0.05) is 35.5 Å². The lowest BCUT2D eigenvalue weighted by atomic mass is 10.0. The molecule has 5 nitrogen and oxygen atoms in total. The van der Waals surface area contributed by atoms with Crippen LogP contribution in [-0.4, -0.2) is 32.2 Å². The number of hydrogen-bond acceptors (Lipinski definition) is 3. The summed E-state index contributed by atoms with van der Waals surface area (Å²) in [4.78, 5) is 13.9. The minimum atomic E-state index is 0.0293. The van der Waals surface area contributed by atoms with Crippen molar-refractivity contribution in [2.24, 2.45) is 0 Å². The summed E-state index contributed by atoms with van der Waals surface area (Å²) < 4.78 is 11.6. The fourth-order valence-corrected chi connectivity index (χ4v) is 4.32. The molecule has 1 unspecified atom stereocenters. The largest absolute Gasteiger partial charge is 0.490 e. The number of likely N-dealkylation sites (tertiary alicyclic amines) is 1. The predicted octanol–water partition coefficient (Wildman–Crippen LogP) is 3.17. The van der Waals surface area contributed by atoms with E-state index >= 15 is 0 Å². The van der Waals surface area contributed by atoms with Gasteiger partial charge in [-0.1, -0.05) is 11.6 Å². The minimum absolute atomic E-state index is 0.0293. The normalized spacial score (nSPS) is 21.2. The van der Waals surface area contributed by atoms with E-state index in [1.807, 2.05) is 25.1 Å². The van der Waals surface area contributed by atoms with Gasteiger partial charge in [-0.05, 0) is 48.9 Å². The van der Waals surface area contributed by atoms with Crippen molar-refractivity contribution in [3.05, 3.63) is 52.5 Å². The third-order valence-electron chi connectivity index (χ3n) is 5.51. The number of halogens is 1. The van der Waals surface area contributed by atoms with Gasteiger partial charge in [-0.2, -0.15) is 0 Å². The summed E-state index contributed by atoms with van der Waals surface area (Å²) in [5, 5.41) is 3.71. The Morgan fingerprint density at radius 2 is 1.96 bits per heavy atom. The van der Waals surface area contributed by atoms with Crippen LogP contribution in [-0.2, 0) is 4.79 Å². The molecule has 1 saturated heterocycles. The topological polar surface area (TPSA) is 52.0 Å². The Bertz CT molecular complexity index is 871. The standard InChI is InChI=1S/C22H25ClN2O3/c1-15-12-17(23)6-7-18(15)24-22(26)14-25-9-2-4-19(25)16-5-8-20-21(13-16)28-11-3-10-27-20/h5-8,12-13,19H,2-4,9-11,14H2,1H3,(H,24,26)/p+1/t19-/m1/s1. The fraction of sp³-hybridized carbons (Fsp3) is 0.409. The quantitative estimate of drug-likeness (QED) is 0.827. The molecule has 0 spiro atoms. The second-order valence-electron chi connectivity index (χ2n) is 7.54. The molecule has 2 aromatic carbocycles. The summed E-state index contributed by atoms with van der Waals surface area (Å²) in [7, 11) is 0. The van der Waals surface area contributed by atoms with Crippen molar-refractivity contribution in [3.8, 4) is 11.5 Å². The van der Waals surface area contributed by atoms with Gasteiger partial charge in [0.1, 0.15) is 6.04 Å². The number of anilines is 1. The molecule has 148 valence electrons. The number of quaternary nitrogens is 1. The summed E-state index contributed by atoms with van der Waals surface area (Å²) in [5.74, 6) is 1.67. The number of benzene rings is 2. The molecule has 0 radical (unpaired) electrons. The Kier molecular flexibility index (Phi) is 5.74. The number of carbonyl (C=O) groups excluding carboxylic acids is 1. The lowest BCUT2D eigenvalue weighted by Gasteiger charge is -2.22. The Balaban J connectivity index is 1.45. The summed E-state index contributed by atoms with van der Waals surface area (Å²) in [5.41, 5.74) is 3.00. The van der Waals surface area contributed by atoms with E-state index in [1.54, 1.807) is 6.07 Å². The second-order valence-corrected chi connectivity index (χ2v) is 7.98. The SMILES string of the molecule is Cc1cc(Cl)ccc1NC(=O)C[NH+]1CCC[C@@H]1c1ccc2c(c1)OCCCO2. The molecule has 0 saturated carbocycles. The zero-order chi connectivity index (χ0) is 19.5. The van der Waals surface area contributed by atoms with Crippen LogP contribution in [0.5, 0.6) is 11.5 Å². The van der Waals surface area contributed by atoms with Crippen molar-refractivity contribution >= 4 is 23.2 Å². The van der Waals surface area contributed by atoms with Gasteiger partial charge in [0.2, 0.25) is 0 Å². The van der Waals surface area contributed by atoms with Crippen molar-refractivity contribution in [2.45, 2.75) is 32.2 Å². The number of amides is 1. The molecular weight excluding hydrogens is 376 g/mol. The maximum Gasteiger partial charge on any atom is 0.279 e. The highest BCUT2D eigenvalue weighted by Gasteiger charge is 2.32. The predicted molar refractivity (Wildman–Crippen MR) is 110 cm³/mol. The van der Waals surface area contributed by atoms with E-state index < -0.39 is 0 Å². The smallest absolute Gasteiger partial charge is 0.279 e. The van der Waals surface area contributed by atoms with Crippen molar-refractivity contribution in [3.63, 3.8) is 0 Å². The lowest BCUT2D eigenvalue weighted by Crippen LogP contribution is -3.11. The van der Waals surface area contributed by atoms with Crippen molar-refractivity contribution in [1.82, 2.24) is 0 Å². The van der Waals surface area contributed by atoms with Gasteiger partial charge in [0.05, 0.1) is 19.8 Å². The number of aryl methyl sites for hydroxylation is 1. The summed E-state index contributed by atoms with van der Waals surface area (Å²) in [6.45, 7) is 4.76. The number of carbonyl (C=O) groups is 1. The molecule has 2 N–H and O–H groups in total. The summed E-state index contributed by atoms with van der Waals surface area (Å²) in [6, 6.07) is 12.0. The van der Waals surface area contributed by atoms with Gasteiger partial charge in [-0.15, -0.1) is 0 Å². The minimum Gasteiger partial charge on any atom is -0.490 e. The van der Waals surface area contributed by atoms with Crippen LogP contribution < -0.4 is 19.7 Å². The van der Waals surface area contributed by atoms with Gasteiger partial charge in [-0.3, -0.25) is 4.79 Å². The van der Waals surface area contributed by atoms with Crippen LogP contribution >= 0.6 is 11.6 Å². The van der Waals surface area contributed by atoms with Crippen molar-refractivity contribution in [1.29, 1.82) is 0 Å². The van der Waals surface area contributed by atoms with E-state index in [9.17, 15) is 4.79 Å². The van der Waals surface area contributed by atoms with Crippen molar-refractivity contribution < 1.29 is 19.2 Å². The van der Waals surface area contributed by atoms with Gasteiger partial charge in [0.15, 0.2) is 18.0 Å². The molecule has 1 fully saturated rings. The second kappa shape index (κ2) is 8.41. The first-order valence-corrected chi connectivity index (χ1v) is 10.3. The molecule has 0 aromatic heterocycles. The number of ether oxygens (including phenoxy) is 2. The molecule has 1 amide bonds. The highest BCUT2D eigenvalue weighted by Crippen LogP contribution is 2.33. The van der Waals surface area contributed by atoms with Crippen LogP contribution in [0.1, 0.15) is 36.4 Å². The zero-order valence-electron chi connectivity index (χ0n) is 16.1. The fourth-order valence-electron chi connectivity index (χ4n) is 4.09.